The second-order valence-electron chi connectivity index (χ2n) is 3.48. The van der Waals surface area contributed by atoms with Crippen LogP contribution in [0.25, 0.3) is 0 Å². The van der Waals surface area contributed by atoms with Crippen molar-refractivity contribution in [2.75, 3.05) is 11.9 Å². The Bertz CT molecular complexity index is 541. The van der Waals surface area contributed by atoms with E-state index in [0.29, 0.717) is 5.69 Å². The van der Waals surface area contributed by atoms with Gasteiger partial charge in [-0.2, -0.15) is 5.26 Å². The second-order valence-corrected chi connectivity index (χ2v) is 3.89. The molecule has 2 amide bonds. The van der Waals surface area contributed by atoms with Gasteiger partial charge in [0, 0.05) is 5.69 Å². The van der Waals surface area contributed by atoms with Gasteiger partial charge in [0.25, 0.3) is 0 Å². The van der Waals surface area contributed by atoms with Crippen LogP contribution in [0.5, 0.6) is 0 Å². The predicted molar refractivity (Wildman–Crippen MR) is 66.8 cm³/mol. The van der Waals surface area contributed by atoms with E-state index in [1.54, 1.807) is 0 Å². The van der Waals surface area contributed by atoms with Crippen LogP contribution in [0.1, 0.15) is 5.56 Å². The number of hydrogen-bond acceptors (Lipinski definition) is 4. The third kappa shape index (κ3) is 4.13. The largest absolute Gasteiger partial charge is 0.480 e. The SMILES string of the molecule is N#Cc1ccc(NC(=O)NC(CO)C(=O)O)cc1Cl. The normalized spacial score (nSPS) is 11.2. The Morgan fingerprint density at radius 2 is 2.16 bits per heavy atom. The van der Waals surface area contributed by atoms with E-state index < -0.39 is 24.6 Å². The average Bonchev–Trinajstić information content (AvgIpc) is 2.35. The average molecular weight is 284 g/mol. The minimum atomic E-state index is -1.39. The molecule has 0 aliphatic carbocycles. The number of carbonyl (C=O) groups excluding carboxylic acids is 1. The number of rotatable bonds is 4. The molecule has 1 aromatic rings. The third-order valence-electron chi connectivity index (χ3n) is 2.13. The lowest BCUT2D eigenvalue weighted by molar-refractivity contribution is -0.140. The molecule has 0 aromatic heterocycles. The maximum atomic E-state index is 11.4. The number of aliphatic hydroxyl groups is 1. The zero-order valence-corrected chi connectivity index (χ0v) is 10.3. The molecule has 1 unspecified atom stereocenters. The minimum absolute atomic E-state index is 0.164. The molecule has 0 saturated heterocycles. The molecule has 1 aromatic carbocycles. The maximum absolute atomic E-state index is 11.4. The van der Waals surface area contributed by atoms with Crippen molar-refractivity contribution in [2.24, 2.45) is 0 Å². The Kier molecular flexibility index (Phi) is 5.11. The van der Waals surface area contributed by atoms with Crippen LogP contribution in [0.2, 0.25) is 5.02 Å². The van der Waals surface area contributed by atoms with E-state index in [-0.39, 0.29) is 10.6 Å². The van der Waals surface area contributed by atoms with Crippen molar-refractivity contribution < 1.29 is 19.8 Å². The Balaban J connectivity index is 2.70. The summed E-state index contributed by atoms with van der Waals surface area (Å²) in [6.07, 6.45) is 0. The molecule has 100 valence electrons. The standard InChI is InChI=1S/C11H10ClN3O4/c12-8-3-7(2-1-6(8)4-13)14-11(19)15-9(5-16)10(17)18/h1-3,9,16H,5H2,(H,17,18)(H2,14,15,19). The number of nitrogens with one attached hydrogen (secondary N) is 2. The first-order valence-corrected chi connectivity index (χ1v) is 5.46. The van der Waals surface area contributed by atoms with Crippen LogP contribution < -0.4 is 10.6 Å². The van der Waals surface area contributed by atoms with Crippen LogP contribution in [0.3, 0.4) is 0 Å². The van der Waals surface area contributed by atoms with Gasteiger partial charge >= 0.3 is 12.0 Å². The van der Waals surface area contributed by atoms with Crippen LogP contribution >= 0.6 is 11.6 Å². The number of benzene rings is 1. The molecule has 0 heterocycles. The number of halogens is 1. The van der Waals surface area contributed by atoms with E-state index in [2.05, 4.69) is 10.6 Å². The first-order valence-electron chi connectivity index (χ1n) is 5.08. The quantitative estimate of drug-likeness (QED) is 0.650. The molecule has 1 rings (SSSR count). The number of carbonyl (C=O) groups is 2. The van der Waals surface area contributed by atoms with E-state index in [4.69, 9.17) is 27.1 Å². The number of nitrogens with zero attached hydrogens (tertiary/aromatic N) is 1. The van der Waals surface area contributed by atoms with E-state index in [1.165, 1.54) is 18.2 Å². The number of urea groups is 1. The smallest absolute Gasteiger partial charge is 0.328 e. The first kappa shape index (κ1) is 14.8. The number of nitriles is 1. The van der Waals surface area contributed by atoms with Crippen LogP contribution in [0, 0.1) is 11.3 Å². The van der Waals surface area contributed by atoms with Crippen LogP contribution in [-0.4, -0.2) is 34.9 Å². The van der Waals surface area contributed by atoms with E-state index in [1.807, 2.05) is 6.07 Å². The minimum Gasteiger partial charge on any atom is -0.480 e. The summed E-state index contributed by atoms with van der Waals surface area (Å²) in [7, 11) is 0. The molecule has 0 radical (unpaired) electrons. The van der Waals surface area contributed by atoms with Crippen molar-refractivity contribution >= 4 is 29.3 Å². The van der Waals surface area contributed by atoms with Gasteiger partial charge in [-0.05, 0) is 18.2 Å². The zero-order valence-electron chi connectivity index (χ0n) is 9.55. The number of anilines is 1. The highest BCUT2D eigenvalue weighted by Crippen LogP contribution is 2.19. The molecule has 1 atom stereocenters. The highest BCUT2D eigenvalue weighted by Gasteiger charge is 2.18. The maximum Gasteiger partial charge on any atom is 0.328 e. The van der Waals surface area contributed by atoms with Crippen LogP contribution in [0.15, 0.2) is 18.2 Å². The Labute approximate surface area is 113 Å². The number of aliphatic carboxylic acids is 1. The number of aliphatic hydroxyl groups excluding tert-OH is 1. The van der Waals surface area contributed by atoms with Crippen LogP contribution in [0.4, 0.5) is 10.5 Å². The lowest BCUT2D eigenvalue weighted by atomic mass is 10.2. The number of amides is 2. The molecule has 0 fully saturated rings. The Morgan fingerprint density at radius 1 is 1.47 bits per heavy atom. The van der Waals surface area contributed by atoms with Crippen molar-refractivity contribution in [2.45, 2.75) is 6.04 Å². The fourth-order valence-corrected chi connectivity index (χ4v) is 1.42. The van der Waals surface area contributed by atoms with E-state index in [9.17, 15) is 9.59 Å². The van der Waals surface area contributed by atoms with Crippen molar-refractivity contribution in [1.82, 2.24) is 5.32 Å². The van der Waals surface area contributed by atoms with Gasteiger partial charge in [-0.1, -0.05) is 11.6 Å². The highest BCUT2D eigenvalue weighted by molar-refractivity contribution is 6.32. The highest BCUT2D eigenvalue weighted by atomic mass is 35.5. The van der Waals surface area contributed by atoms with Gasteiger partial charge < -0.3 is 20.8 Å². The fraction of sp³-hybridized carbons (Fsp3) is 0.182. The monoisotopic (exact) mass is 283 g/mol. The van der Waals surface area contributed by atoms with Gasteiger partial charge in [0.15, 0.2) is 6.04 Å². The number of hydrogen-bond donors (Lipinski definition) is 4. The van der Waals surface area contributed by atoms with Gasteiger partial charge in [0.2, 0.25) is 0 Å². The number of carboxylic acids is 1. The molecular formula is C11H10ClN3O4. The molecule has 0 spiro atoms. The summed E-state index contributed by atoms with van der Waals surface area (Å²) in [4.78, 5) is 22.0. The molecule has 0 aliphatic heterocycles. The summed E-state index contributed by atoms with van der Waals surface area (Å²) < 4.78 is 0. The second kappa shape index (κ2) is 6.58. The summed E-state index contributed by atoms with van der Waals surface area (Å²) in [6, 6.07) is 3.88. The van der Waals surface area contributed by atoms with Gasteiger partial charge in [-0.3, -0.25) is 0 Å². The summed E-state index contributed by atoms with van der Waals surface area (Å²) in [5.41, 5.74) is 0.551. The van der Waals surface area contributed by atoms with Crippen molar-refractivity contribution in [3.05, 3.63) is 28.8 Å². The van der Waals surface area contributed by atoms with Crippen molar-refractivity contribution in [3.63, 3.8) is 0 Å². The lowest BCUT2D eigenvalue weighted by Gasteiger charge is -2.12. The summed E-state index contributed by atoms with van der Waals surface area (Å²) in [6.45, 7) is -0.725. The third-order valence-corrected chi connectivity index (χ3v) is 2.45. The molecule has 0 aliphatic rings. The molecule has 4 N–H and O–H groups in total. The summed E-state index contributed by atoms with van der Waals surface area (Å²) >= 11 is 5.77. The lowest BCUT2D eigenvalue weighted by Crippen LogP contribution is -2.45. The molecule has 8 heteroatoms. The van der Waals surface area contributed by atoms with Gasteiger partial charge in [-0.15, -0.1) is 0 Å². The fourth-order valence-electron chi connectivity index (χ4n) is 1.19. The van der Waals surface area contributed by atoms with Gasteiger partial charge in [-0.25, -0.2) is 9.59 Å². The summed E-state index contributed by atoms with van der Waals surface area (Å²) in [5, 5.41) is 30.6. The van der Waals surface area contributed by atoms with Gasteiger partial charge in [0.05, 0.1) is 17.2 Å². The predicted octanol–water partition coefficient (Wildman–Crippen LogP) is 0.779. The number of carboxylic acid groups (broad SMARTS) is 1. The molecule has 7 nitrogen and oxygen atoms in total. The topological polar surface area (TPSA) is 122 Å². The molecular weight excluding hydrogens is 274 g/mol. The van der Waals surface area contributed by atoms with Crippen molar-refractivity contribution in [3.8, 4) is 6.07 Å². The summed E-state index contributed by atoms with van der Waals surface area (Å²) in [5.74, 6) is -1.35. The Hall–Kier alpha value is -2.30. The molecule has 0 saturated carbocycles. The van der Waals surface area contributed by atoms with E-state index in [0.717, 1.165) is 0 Å². The molecule has 19 heavy (non-hydrogen) atoms. The zero-order chi connectivity index (χ0) is 14.4. The van der Waals surface area contributed by atoms with Crippen LogP contribution in [-0.2, 0) is 4.79 Å². The Morgan fingerprint density at radius 3 is 2.63 bits per heavy atom. The van der Waals surface area contributed by atoms with Gasteiger partial charge in [0.1, 0.15) is 6.07 Å². The van der Waals surface area contributed by atoms with E-state index >= 15 is 0 Å². The first-order chi connectivity index (χ1) is 8.97. The molecule has 0 bridgehead atoms. The van der Waals surface area contributed by atoms with Crippen molar-refractivity contribution in [1.29, 1.82) is 5.26 Å².